The van der Waals surface area contributed by atoms with Gasteiger partial charge in [-0.15, -0.1) is 0 Å². The smallest absolute Gasteiger partial charge is 0.242 e. The number of sulfonamides is 1. The van der Waals surface area contributed by atoms with Crippen molar-refractivity contribution < 1.29 is 8.42 Å². The predicted molar refractivity (Wildman–Crippen MR) is 76.8 cm³/mol. The van der Waals surface area contributed by atoms with Crippen molar-refractivity contribution in [3.05, 3.63) is 28.8 Å². The molecule has 0 saturated heterocycles. The van der Waals surface area contributed by atoms with Gasteiger partial charge in [0.2, 0.25) is 10.0 Å². The molecule has 1 saturated carbocycles. The molecule has 4 nitrogen and oxygen atoms in total. The Morgan fingerprint density at radius 3 is 2.74 bits per heavy atom. The molecule has 19 heavy (non-hydrogen) atoms. The molecule has 1 aromatic rings. The van der Waals surface area contributed by atoms with Crippen LogP contribution in [0.15, 0.2) is 23.1 Å². The van der Waals surface area contributed by atoms with Gasteiger partial charge in [0.05, 0.1) is 5.02 Å². The van der Waals surface area contributed by atoms with Gasteiger partial charge in [-0.05, 0) is 37.0 Å². The topological polar surface area (TPSA) is 58.2 Å². The predicted octanol–water partition coefficient (Wildman–Crippen LogP) is 2.28. The highest BCUT2D eigenvalue weighted by Gasteiger charge is 2.21. The van der Waals surface area contributed by atoms with E-state index in [0.717, 1.165) is 12.0 Å². The molecule has 0 atom stereocenters. The first-order valence-corrected chi connectivity index (χ1v) is 8.40. The highest BCUT2D eigenvalue weighted by Crippen LogP contribution is 2.24. The van der Waals surface area contributed by atoms with Crippen LogP contribution in [0.2, 0.25) is 5.02 Å². The molecule has 0 radical (unpaired) electrons. The second-order valence-electron chi connectivity index (χ2n) is 4.82. The van der Waals surface area contributed by atoms with Gasteiger partial charge in [0.25, 0.3) is 0 Å². The van der Waals surface area contributed by atoms with Crippen LogP contribution >= 0.6 is 11.6 Å². The zero-order valence-electron chi connectivity index (χ0n) is 10.9. The molecule has 2 N–H and O–H groups in total. The van der Waals surface area contributed by atoms with E-state index >= 15 is 0 Å². The van der Waals surface area contributed by atoms with E-state index in [1.54, 1.807) is 12.1 Å². The van der Waals surface area contributed by atoms with E-state index in [2.05, 4.69) is 10.0 Å². The number of benzene rings is 1. The van der Waals surface area contributed by atoms with Crippen molar-refractivity contribution in [1.82, 2.24) is 10.0 Å². The van der Waals surface area contributed by atoms with Crippen molar-refractivity contribution in [2.45, 2.75) is 43.7 Å². The Hall–Kier alpha value is -0.620. The molecule has 0 amide bonds. The van der Waals surface area contributed by atoms with Gasteiger partial charge in [-0.25, -0.2) is 13.1 Å². The summed E-state index contributed by atoms with van der Waals surface area (Å²) in [5, 5.41) is 3.62. The minimum Gasteiger partial charge on any atom is -0.310 e. The van der Waals surface area contributed by atoms with Gasteiger partial charge < -0.3 is 5.32 Å². The summed E-state index contributed by atoms with van der Waals surface area (Å²) in [7, 11) is -3.51. The Labute approximate surface area is 119 Å². The van der Waals surface area contributed by atoms with Crippen LogP contribution in [0.4, 0.5) is 0 Å². The number of hydrogen-bond donors (Lipinski definition) is 2. The molecule has 0 heterocycles. The van der Waals surface area contributed by atoms with Gasteiger partial charge in [0, 0.05) is 19.1 Å². The van der Waals surface area contributed by atoms with Crippen LogP contribution in [0, 0.1) is 0 Å². The summed E-state index contributed by atoms with van der Waals surface area (Å²) in [5.41, 5.74) is 0.938. The lowest BCUT2D eigenvalue weighted by atomic mass is 10.2. The fourth-order valence-electron chi connectivity index (χ4n) is 1.73. The molecule has 2 rings (SSSR count). The third kappa shape index (κ3) is 4.18. The molecule has 1 fully saturated rings. The average molecular weight is 303 g/mol. The summed E-state index contributed by atoms with van der Waals surface area (Å²) >= 11 is 6.00. The van der Waals surface area contributed by atoms with E-state index in [4.69, 9.17) is 11.6 Å². The highest BCUT2D eigenvalue weighted by atomic mass is 35.5. The molecule has 1 aliphatic carbocycles. The fraction of sp³-hybridized carbons (Fsp3) is 0.538. The normalized spacial score (nSPS) is 15.7. The molecule has 0 aromatic heterocycles. The SMILES string of the molecule is CCCNS(=O)(=O)c1cc(CNC2CC2)ccc1Cl. The second-order valence-corrected chi connectivity index (χ2v) is 6.96. The van der Waals surface area contributed by atoms with Gasteiger partial charge in [-0.1, -0.05) is 24.6 Å². The molecule has 0 spiro atoms. The molecule has 0 aliphatic heterocycles. The third-order valence-electron chi connectivity index (χ3n) is 3.00. The van der Waals surface area contributed by atoms with Crippen molar-refractivity contribution in [2.75, 3.05) is 6.54 Å². The van der Waals surface area contributed by atoms with E-state index in [-0.39, 0.29) is 9.92 Å². The molecule has 106 valence electrons. The fourth-order valence-corrected chi connectivity index (χ4v) is 3.41. The van der Waals surface area contributed by atoms with Crippen molar-refractivity contribution in [2.24, 2.45) is 0 Å². The van der Waals surface area contributed by atoms with Crippen molar-refractivity contribution >= 4 is 21.6 Å². The van der Waals surface area contributed by atoms with Crippen molar-refractivity contribution in [3.63, 3.8) is 0 Å². The number of hydrogen-bond acceptors (Lipinski definition) is 3. The van der Waals surface area contributed by atoms with Crippen LogP contribution in [0.3, 0.4) is 0 Å². The van der Waals surface area contributed by atoms with Crippen LogP contribution in [0.25, 0.3) is 0 Å². The van der Waals surface area contributed by atoms with Crippen molar-refractivity contribution in [1.29, 1.82) is 0 Å². The Balaban J connectivity index is 2.15. The summed E-state index contributed by atoms with van der Waals surface area (Å²) < 4.78 is 26.7. The van der Waals surface area contributed by atoms with Gasteiger partial charge in [-0.3, -0.25) is 0 Å². The zero-order chi connectivity index (χ0) is 13.9. The summed E-state index contributed by atoms with van der Waals surface area (Å²) in [4.78, 5) is 0.165. The Bertz CT molecular complexity index is 542. The van der Waals surface area contributed by atoms with E-state index in [1.165, 1.54) is 12.8 Å². The minimum absolute atomic E-state index is 0.165. The zero-order valence-corrected chi connectivity index (χ0v) is 12.5. The average Bonchev–Trinajstić information content (AvgIpc) is 3.19. The molecular formula is C13H19ClN2O2S. The maximum absolute atomic E-state index is 12.1. The highest BCUT2D eigenvalue weighted by molar-refractivity contribution is 7.89. The lowest BCUT2D eigenvalue weighted by molar-refractivity contribution is 0.580. The van der Waals surface area contributed by atoms with Gasteiger partial charge in [0.1, 0.15) is 4.90 Å². The maximum Gasteiger partial charge on any atom is 0.242 e. The molecule has 0 unspecified atom stereocenters. The minimum atomic E-state index is -3.51. The van der Waals surface area contributed by atoms with Crippen LogP contribution in [0.1, 0.15) is 31.7 Å². The monoisotopic (exact) mass is 302 g/mol. The van der Waals surface area contributed by atoms with E-state index in [1.807, 2.05) is 13.0 Å². The maximum atomic E-state index is 12.1. The quantitative estimate of drug-likeness (QED) is 0.812. The lowest BCUT2D eigenvalue weighted by Gasteiger charge is -2.10. The Morgan fingerprint density at radius 2 is 2.11 bits per heavy atom. The summed E-state index contributed by atoms with van der Waals surface area (Å²) in [6.07, 6.45) is 3.16. The lowest BCUT2D eigenvalue weighted by Crippen LogP contribution is -2.25. The van der Waals surface area contributed by atoms with Crippen molar-refractivity contribution in [3.8, 4) is 0 Å². The third-order valence-corrected chi connectivity index (χ3v) is 4.94. The summed E-state index contributed by atoms with van der Waals surface area (Å²) in [6, 6.07) is 5.74. The molecule has 1 aliphatic rings. The first-order valence-electron chi connectivity index (χ1n) is 6.54. The molecule has 0 bridgehead atoms. The van der Waals surface area contributed by atoms with Gasteiger partial charge in [0.15, 0.2) is 0 Å². The number of rotatable bonds is 7. The van der Waals surface area contributed by atoms with Gasteiger partial charge in [-0.2, -0.15) is 0 Å². The summed E-state index contributed by atoms with van der Waals surface area (Å²) in [6.45, 7) is 3.02. The standard InChI is InChI=1S/C13H19ClN2O2S/c1-2-7-16-19(17,18)13-8-10(3-6-12(13)14)9-15-11-4-5-11/h3,6,8,11,15-16H,2,4-5,7,9H2,1H3. The molecule has 1 aromatic carbocycles. The van der Waals surface area contributed by atoms with Gasteiger partial charge >= 0.3 is 0 Å². The molecule has 6 heteroatoms. The molecular weight excluding hydrogens is 284 g/mol. The van der Waals surface area contributed by atoms with Crippen LogP contribution in [0.5, 0.6) is 0 Å². The van der Waals surface area contributed by atoms with Crippen LogP contribution in [-0.2, 0) is 16.6 Å². The number of nitrogens with one attached hydrogen (secondary N) is 2. The first kappa shape index (κ1) is 14.8. The second kappa shape index (κ2) is 6.22. The Kier molecular flexibility index (Phi) is 4.84. The van der Waals surface area contributed by atoms with E-state index in [0.29, 0.717) is 19.1 Å². The largest absolute Gasteiger partial charge is 0.310 e. The van der Waals surface area contributed by atoms with E-state index in [9.17, 15) is 8.42 Å². The first-order chi connectivity index (χ1) is 9.03. The summed E-state index contributed by atoms with van der Waals surface area (Å²) in [5.74, 6) is 0. The van der Waals surface area contributed by atoms with Crippen LogP contribution in [-0.4, -0.2) is 21.0 Å². The van der Waals surface area contributed by atoms with Crippen LogP contribution < -0.4 is 10.0 Å². The number of halogens is 1. The van der Waals surface area contributed by atoms with E-state index < -0.39 is 10.0 Å². The Morgan fingerprint density at radius 1 is 1.37 bits per heavy atom.